The van der Waals surface area contributed by atoms with Crippen molar-refractivity contribution in [2.45, 2.75) is 42.9 Å². The Kier molecular flexibility index (Phi) is 7.06. The van der Waals surface area contributed by atoms with Crippen LogP contribution in [0.15, 0.2) is 12.1 Å². The van der Waals surface area contributed by atoms with Crippen molar-refractivity contribution in [2.24, 2.45) is 11.8 Å². The molecule has 4 atom stereocenters. The summed E-state index contributed by atoms with van der Waals surface area (Å²) in [6.45, 7) is 0. The Hall–Kier alpha value is -0.820. The number of carbonyl (C=O) groups is 2. The van der Waals surface area contributed by atoms with Gasteiger partial charge in [-0.2, -0.15) is 22.0 Å². The van der Waals surface area contributed by atoms with Crippen LogP contribution in [-0.2, 0) is 19.6 Å². The molecule has 32 heavy (non-hydrogen) atoms. The Balaban J connectivity index is 1.81. The predicted octanol–water partition coefficient (Wildman–Crippen LogP) is 3.87. The third kappa shape index (κ3) is 4.70. The van der Waals surface area contributed by atoms with Gasteiger partial charge in [-0.05, 0) is 76.6 Å². The maximum Gasteiger partial charge on any atom is 0.432 e. The minimum atomic E-state index is -6.78. The third-order valence-corrected chi connectivity index (χ3v) is 9.15. The van der Waals surface area contributed by atoms with Crippen molar-refractivity contribution >= 4 is 67.1 Å². The van der Waals surface area contributed by atoms with E-state index in [1.807, 2.05) is 45.2 Å². The molecule has 1 heterocycles. The summed E-state index contributed by atoms with van der Waals surface area (Å²) in [7, 11) is -6.78. The van der Waals surface area contributed by atoms with Gasteiger partial charge in [0.25, 0.3) is 6.10 Å². The maximum atomic E-state index is 13.6. The highest BCUT2D eigenvalue weighted by Gasteiger charge is 2.63. The zero-order valence-electron chi connectivity index (χ0n) is 15.5. The van der Waals surface area contributed by atoms with E-state index in [0.717, 1.165) is 3.57 Å². The Morgan fingerprint density at radius 3 is 2.38 bits per heavy atom. The van der Waals surface area contributed by atoms with Gasteiger partial charge in [0, 0.05) is 7.14 Å². The van der Waals surface area contributed by atoms with Crippen LogP contribution in [0.2, 0.25) is 0 Å². The van der Waals surface area contributed by atoms with Crippen LogP contribution in [0.1, 0.15) is 29.6 Å². The van der Waals surface area contributed by atoms with Crippen LogP contribution in [-0.4, -0.2) is 48.4 Å². The summed E-state index contributed by atoms with van der Waals surface area (Å²) in [5.41, 5.74) is 0.359. The van der Waals surface area contributed by atoms with Gasteiger partial charge in [-0.1, -0.05) is 0 Å². The first-order chi connectivity index (χ1) is 14.6. The average molecular weight is 709 g/mol. The Bertz CT molecular complexity index is 1060. The van der Waals surface area contributed by atoms with E-state index in [9.17, 15) is 44.5 Å². The molecule has 2 aliphatic rings. The summed E-state index contributed by atoms with van der Waals surface area (Å²) in [6.07, 6.45) is -11.9. The smallest absolute Gasteiger partial charge is 0.432 e. The van der Waals surface area contributed by atoms with Crippen LogP contribution in [0, 0.1) is 19.0 Å². The van der Waals surface area contributed by atoms with Gasteiger partial charge >= 0.3 is 17.4 Å². The SMILES string of the molecule is O=C(OC(C(F)(F)F)C(F)(F)S(=O)(=O)[O-])C1CCC2C(=O)c3c(ccc(I)c3I)OC2C1. The number of ether oxygens (including phenoxy) is 2. The minimum Gasteiger partial charge on any atom is -0.743 e. The van der Waals surface area contributed by atoms with E-state index in [-0.39, 0.29) is 30.8 Å². The molecule has 0 saturated heterocycles. The highest BCUT2D eigenvalue weighted by molar-refractivity contribution is 14.1. The molecule has 1 aliphatic carbocycles. The maximum absolute atomic E-state index is 13.6. The van der Waals surface area contributed by atoms with Crippen LogP contribution in [0.25, 0.3) is 0 Å². The number of alkyl halides is 5. The molecule has 0 bridgehead atoms. The van der Waals surface area contributed by atoms with E-state index in [2.05, 4.69) is 4.74 Å². The van der Waals surface area contributed by atoms with Crippen LogP contribution >= 0.6 is 45.2 Å². The topological polar surface area (TPSA) is 110 Å². The van der Waals surface area contributed by atoms with Gasteiger partial charge in [0.1, 0.15) is 11.9 Å². The first kappa shape index (κ1) is 25.8. The first-order valence-corrected chi connectivity index (χ1v) is 12.4. The zero-order valence-corrected chi connectivity index (χ0v) is 20.6. The number of carbonyl (C=O) groups excluding carboxylic acids is 2. The number of hydrogen-bond acceptors (Lipinski definition) is 7. The largest absolute Gasteiger partial charge is 0.743 e. The van der Waals surface area contributed by atoms with E-state index in [1.165, 1.54) is 6.07 Å². The molecule has 178 valence electrons. The lowest BCUT2D eigenvalue weighted by molar-refractivity contribution is -0.261. The van der Waals surface area contributed by atoms with E-state index < -0.39 is 51.6 Å². The van der Waals surface area contributed by atoms with Gasteiger partial charge in [0.05, 0.1) is 17.4 Å². The second-order valence-electron chi connectivity index (χ2n) is 7.25. The van der Waals surface area contributed by atoms with E-state index in [0.29, 0.717) is 9.13 Å². The van der Waals surface area contributed by atoms with Crippen molar-refractivity contribution in [1.82, 2.24) is 0 Å². The second kappa shape index (κ2) is 8.75. The molecule has 7 nitrogen and oxygen atoms in total. The lowest BCUT2D eigenvalue weighted by Gasteiger charge is -2.39. The predicted molar refractivity (Wildman–Crippen MR) is 112 cm³/mol. The molecule has 0 N–H and O–H groups in total. The van der Waals surface area contributed by atoms with Gasteiger partial charge in [-0.15, -0.1) is 0 Å². The second-order valence-corrected chi connectivity index (χ2v) is 10.9. The van der Waals surface area contributed by atoms with E-state index >= 15 is 0 Å². The number of esters is 1. The Morgan fingerprint density at radius 1 is 1.19 bits per heavy atom. The minimum absolute atomic E-state index is 0.0111. The summed E-state index contributed by atoms with van der Waals surface area (Å²) in [4.78, 5) is 25.1. The fraction of sp³-hybridized carbons (Fsp3) is 0.529. The number of ketones is 1. The summed E-state index contributed by atoms with van der Waals surface area (Å²) in [6, 6.07) is 3.22. The van der Waals surface area contributed by atoms with Crippen LogP contribution < -0.4 is 4.74 Å². The summed E-state index contributed by atoms with van der Waals surface area (Å²) in [5.74, 6) is -3.85. The van der Waals surface area contributed by atoms with Crippen LogP contribution in [0.5, 0.6) is 5.75 Å². The number of benzene rings is 1. The van der Waals surface area contributed by atoms with E-state index in [4.69, 9.17) is 4.74 Å². The fourth-order valence-corrected chi connectivity index (χ4v) is 5.26. The monoisotopic (exact) mass is 709 g/mol. The Labute approximate surface area is 205 Å². The van der Waals surface area contributed by atoms with Crippen LogP contribution in [0.4, 0.5) is 22.0 Å². The summed E-state index contributed by atoms with van der Waals surface area (Å²) >= 11 is 4.02. The quantitative estimate of drug-likeness (QED) is 0.202. The van der Waals surface area contributed by atoms with Gasteiger partial charge in [0.15, 0.2) is 15.9 Å². The van der Waals surface area contributed by atoms with E-state index in [1.54, 1.807) is 6.07 Å². The van der Waals surface area contributed by atoms with Crippen LogP contribution in [0.3, 0.4) is 0 Å². The van der Waals surface area contributed by atoms with Gasteiger partial charge < -0.3 is 14.0 Å². The molecule has 0 aromatic heterocycles. The average Bonchev–Trinajstić information content (AvgIpc) is 2.66. The number of halogens is 7. The lowest BCUT2D eigenvalue weighted by atomic mass is 9.75. The molecule has 1 aliphatic heterocycles. The fourth-order valence-electron chi connectivity index (χ4n) is 3.65. The standard InChI is InChI=1S/C17H13F5I2O7S/c18-16(19,20)15(17(21,22)32(27,28)29)31-14(26)6-1-2-7-10(5-6)30-9-4-3-8(23)12(24)11(9)13(7)25/h3-4,6-7,10,15H,1-2,5H2,(H,27,28,29)/p-1. The van der Waals surface area contributed by atoms with Crippen molar-refractivity contribution in [2.75, 3.05) is 0 Å². The van der Waals surface area contributed by atoms with Crippen molar-refractivity contribution in [3.05, 3.63) is 24.8 Å². The molecular formula is C17H12F5I2O7S-. The number of rotatable bonds is 4. The van der Waals surface area contributed by atoms with Crippen molar-refractivity contribution in [3.8, 4) is 5.75 Å². The number of fused-ring (bicyclic) bond motifs is 2. The summed E-state index contributed by atoms with van der Waals surface area (Å²) in [5, 5.41) is -5.91. The summed E-state index contributed by atoms with van der Waals surface area (Å²) < 4.78 is 109. The lowest BCUT2D eigenvalue weighted by Crippen LogP contribution is -2.53. The number of hydrogen-bond donors (Lipinski definition) is 0. The zero-order chi connectivity index (χ0) is 24.2. The molecule has 0 radical (unpaired) electrons. The number of Topliss-reactive ketones (excluding diaryl/α,β-unsaturated/α-hetero) is 1. The Morgan fingerprint density at radius 2 is 1.81 bits per heavy atom. The molecule has 0 amide bonds. The molecule has 3 rings (SSSR count). The van der Waals surface area contributed by atoms with Gasteiger partial charge in [0.2, 0.25) is 0 Å². The highest BCUT2D eigenvalue weighted by Crippen LogP contribution is 2.44. The van der Waals surface area contributed by atoms with Crippen molar-refractivity contribution in [3.63, 3.8) is 0 Å². The molecule has 1 aromatic carbocycles. The van der Waals surface area contributed by atoms with Gasteiger partial charge in [-0.3, -0.25) is 9.59 Å². The molecule has 1 fully saturated rings. The molecule has 15 heteroatoms. The van der Waals surface area contributed by atoms with Gasteiger partial charge in [-0.25, -0.2) is 8.42 Å². The first-order valence-electron chi connectivity index (χ1n) is 8.85. The molecular weight excluding hydrogens is 697 g/mol. The molecule has 1 aromatic rings. The molecule has 0 spiro atoms. The van der Waals surface area contributed by atoms with Crippen molar-refractivity contribution in [1.29, 1.82) is 0 Å². The van der Waals surface area contributed by atoms with Crippen molar-refractivity contribution < 1.29 is 54.0 Å². The normalized spacial score (nSPS) is 24.8. The highest BCUT2D eigenvalue weighted by atomic mass is 127. The molecule has 4 unspecified atom stereocenters. The third-order valence-electron chi connectivity index (χ3n) is 5.21. The molecule has 1 saturated carbocycles.